The highest BCUT2D eigenvalue weighted by molar-refractivity contribution is 7.49. The van der Waals surface area contributed by atoms with Gasteiger partial charge in [-0.1, -0.05) is 7.60 Å². The second-order valence-corrected chi connectivity index (χ2v) is 2.88. The average molecular weight is 152 g/mol. The topological polar surface area (TPSA) is 89.5 Å². The van der Waals surface area contributed by atoms with Gasteiger partial charge in [0.2, 0.25) is 0 Å². The van der Waals surface area contributed by atoms with E-state index in [0.29, 0.717) is 0 Å². The van der Waals surface area contributed by atoms with Crippen LogP contribution in [0.15, 0.2) is 0 Å². The van der Waals surface area contributed by atoms with Gasteiger partial charge in [-0.05, 0) is 0 Å². The number of carbonyl (C=O) groups is 1. The fourth-order valence-electron chi connectivity index (χ4n) is 0.223. The summed E-state index contributed by atoms with van der Waals surface area (Å²) < 4.78 is 13.7. The maximum atomic E-state index is 10.0. The molecule has 0 saturated heterocycles. The van der Waals surface area contributed by atoms with Gasteiger partial charge < -0.3 is 19.1 Å². The standard InChI is InChI=1S/C3H7O5P/c1-8-3(4)2-9(5,6)7/h2H2,1H3,(H2,5,6,7)/p-2. The van der Waals surface area contributed by atoms with Crippen molar-refractivity contribution in [2.45, 2.75) is 0 Å². The number of esters is 1. The van der Waals surface area contributed by atoms with Gasteiger partial charge in [-0.2, -0.15) is 0 Å². The quantitative estimate of drug-likeness (QED) is 0.339. The van der Waals surface area contributed by atoms with Gasteiger partial charge in [0.1, 0.15) is 0 Å². The van der Waals surface area contributed by atoms with Crippen LogP contribution in [-0.2, 0) is 14.1 Å². The lowest BCUT2D eigenvalue weighted by Gasteiger charge is -2.27. The van der Waals surface area contributed by atoms with Gasteiger partial charge >= 0.3 is 5.97 Å². The molecule has 0 aliphatic rings. The van der Waals surface area contributed by atoms with Gasteiger partial charge in [-0.15, -0.1) is 0 Å². The van der Waals surface area contributed by atoms with Crippen molar-refractivity contribution in [1.82, 2.24) is 0 Å². The molecule has 0 spiro atoms. The Morgan fingerprint density at radius 2 is 2.11 bits per heavy atom. The zero-order chi connectivity index (χ0) is 7.49. The Labute approximate surface area is 51.8 Å². The second-order valence-electron chi connectivity index (χ2n) is 1.35. The molecule has 0 aromatic carbocycles. The predicted octanol–water partition coefficient (Wildman–Crippen LogP) is -1.93. The maximum Gasteiger partial charge on any atom is 0.310 e. The van der Waals surface area contributed by atoms with E-state index in [0.717, 1.165) is 7.11 Å². The first-order chi connectivity index (χ1) is 3.95. The normalized spacial score (nSPS) is 11.0. The summed E-state index contributed by atoms with van der Waals surface area (Å²) in [5.74, 6) is -1.02. The van der Waals surface area contributed by atoms with Crippen molar-refractivity contribution in [2.75, 3.05) is 13.3 Å². The van der Waals surface area contributed by atoms with Gasteiger partial charge in [0, 0.05) is 0 Å². The smallest absolute Gasteiger partial charge is 0.310 e. The number of ether oxygens (including phenoxy) is 1. The van der Waals surface area contributed by atoms with Crippen LogP contribution in [0.4, 0.5) is 0 Å². The van der Waals surface area contributed by atoms with Gasteiger partial charge in [0.25, 0.3) is 0 Å². The highest BCUT2D eigenvalue weighted by Gasteiger charge is 2.00. The molecule has 0 saturated carbocycles. The zero-order valence-corrected chi connectivity index (χ0v) is 5.59. The third-order valence-electron chi connectivity index (χ3n) is 0.550. The summed E-state index contributed by atoms with van der Waals surface area (Å²) in [6.07, 6.45) is -1.07. The summed E-state index contributed by atoms with van der Waals surface area (Å²) in [4.78, 5) is 29.6. The number of hydrogen-bond donors (Lipinski definition) is 0. The predicted molar refractivity (Wildman–Crippen MR) is 24.5 cm³/mol. The average Bonchev–Trinajstić information content (AvgIpc) is 1.62. The van der Waals surface area contributed by atoms with E-state index in [4.69, 9.17) is 0 Å². The van der Waals surface area contributed by atoms with E-state index >= 15 is 0 Å². The van der Waals surface area contributed by atoms with Crippen molar-refractivity contribution >= 4 is 13.6 Å². The molecule has 0 heterocycles. The van der Waals surface area contributed by atoms with Gasteiger partial charge in [0.05, 0.1) is 13.3 Å². The van der Waals surface area contributed by atoms with Crippen molar-refractivity contribution in [1.29, 1.82) is 0 Å². The molecule has 0 radical (unpaired) electrons. The van der Waals surface area contributed by atoms with E-state index in [9.17, 15) is 19.1 Å². The van der Waals surface area contributed by atoms with Crippen LogP contribution in [0.3, 0.4) is 0 Å². The molecule has 0 rings (SSSR count). The van der Waals surface area contributed by atoms with Crippen molar-refractivity contribution in [2.24, 2.45) is 0 Å². The summed E-state index contributed by atoms with van der Waals surface area (Å²) in [5, 5.41) is 0. The molecule has 6 heteroatoms. The molecule has 0 N–H and O–H groups in total. The molecule has 0 bridgehead atoms. The van der Waals surface area contributed by atoms with Gasteiger partial charge in [0.15, 0.2) is 0 Å². The molecular formula is C3H5O5P-2. The summed E-state index contributed by atoms with van der Waals surface area (Å²) in [5.41, 5.74) is 0. The fraction of sp³-hybridized carbons (Fsp3) is 0.667. The summed E-state index contributed by atoms with van der Waals surface area (Å²) in [6.45, 7) is 0. The third-order valence-corrected chi connectivity index (χ3v) is 1.20. The minimum Gasteiger partial charge on any atom is -0.810 e. The first-order valence-electron chi connectivity index (χ1n) is 2.03. The van der Waals surface area contributed by atoms with Crippen molar-refractivity contribution in [3.8, 4) is 0 Å². The molecule has 5 nitrogen and oxygen atoms in total. The van der Waals surface area contributed by atoms with Crippen LogP contribution in [0.25, 0.3) is 0 Å². The molecule has 0 atom stereocenters. The Hall–Kier alpha value is -0.380. The van der Waals surface area contributed by atoms with E-state index < -0.39 is 19.7 Å². The van der Waals surface area contributed by atoms with E-state index in [1.165, 1.54) is 0 Å². The van der Waals surface area contributed by atoms with Crippen molar-refractivity contribution < 1.29 is 23.9 Å². The lowest BCUT2D eigenvalue weighted by molar-refractivity contribution is -0.312. The number of carbonyl (C=O) groups excluding carboxylic acids is 1. The molecule has 0 amide bonds. The van der Waals surface area contributed by atoms with Crippen molar-refractivity contribution in [3.63, 3.8) is 0 Å². The molecule has 0 aliphatic heterocycles. The number of rotatable bonds is 2. The molecule has 9 heavy (non-hydrogen) atoms. The maximum absolute atomic E-state index is 10.0. The lowest BCUT2D eigenvalue weighted by atomic mass is 10.8. The fourth-order valence-corrected chi connectivity index (χ4v) is 0.668. The van der Waals surface area contributed by atoms with Gasteiger partial charge in [-0.3, -0.25) is 4.79 Å². The Morgan fingerprint density at radius 1 is 1.67 bits per heavy atom. The first kappa shape index (κ1) is 8.62. The summed E-state index contributed by atoms with van der Waals surface area (Å²) >= 11 is 0. The molecular weight excluding hydrogens is 147 g/mol. The van der Waals surface area contributed by atoms with Crippen LogP contribution in [0.2, 0.25) is 0 Å². The third kappa shape index (κ3) is 5.49. The monoisotopic (exact) mass is 152 g/mol. The van der Waals surface area contributed by atoms with Crippen LogP contribution in [0.1, 0.15) is 0 Å². The van der Waals surface area contributed by atoms with Gasteiger partial charge in [-0.25, -0.2) is 0 Å². The van der Waals surface area contributed by atoms with Crippen LogP contribution >= 0.6 is 7.60 Å². The van der Waals surface area contributed by atoms with Crippen LogP contribution in [-0.4, -0.2) is 19.2 Å². The first-order valence-corrected chi connectivity index (χ1v) is 3.76. The van der Waals surface area contributed by atoms with Crippen LogP contribution in [0, 0.1) is 0 Å². The summed E-state index contributed by atoms with van der Waals surface area (Å²) in [7, 11) is -3.70. The Morgan fingerprint density at radius 3 is 2.22 bits per heavy atom. The Kier molecular flexibility index (Phi) is 2.84. The van der Waals surface area contributed by atoms with E-state index in [-0.39, 0.29) is 0 Å². The number of hydrogen-bond acceptors (Lipinski definition) is 5. The van der Waals surface area contributed by atoms with E-state index in [1.54, 1.807) is 0 Å². The molecule has 0 unspecified atom stereocenters. The van der Waals surface area contributed by atoms with Crippen LogP contribution < -0.4 is 9.79 Å². The SMILES string of the molecule is COC(=O)CP(=O)([O-])[O-]. The van der Waals surface area contributed by atoms with Crippen molar-refractivity contribution in [3.05, 3.63) is 0 Å². The molecule has 0 aromatic rings. The Bertz CT molecular complexity index is 146. The Balaban J connectivity index is 3.75. The van der Waals surface area contributed by atoms with Crippen LogP contribution in [0.5, 0.6) is 0 Å². The largest absolute Gasteiger partial charge is 0.810 e. The number of methoxy groups -OCH3 is 1. The minimum atomic E-state index is -4.71. The summed E-state index contributed by atoms with van der Waals surface area (Å²) in [6, 6.07) is 0. The van der Waals surface area contributed by atoms with E-state index in [2.05, 4.69) is 4.74 Å². The minimum absolute atomic E-state index is 1.01. The molecule has 54 valence electrons. The zero-order valence-electron chi connectivity index (χ0n) is 4.70. The highest BCUT2D eigenvalue weighted by Crippen LogP contribution is 2.21. The highest BCUT2D eigenvalue weighted by atomic mass is 31.2. The molecule has 0 aromatic heterocycles. The molecule has 0 fully saturated rings. The van der Waals surface area contributed by atoms with E-state index in [1.807, 2.05) is 0 Å². The molecule has 0 aliphatic carbocycles. The lowest BCUT2D eigenvalue weighted by Crippen LogP contribution is -2.22. The second kappa shape index (κ2) is 2.96.